The lowest BCUT2D eigenvalue weighted by Crippen LogP contribution is -2.39. The highest BCUT2D eigenvalue weighted by molar-refractivity contribution is 6.10. The van der Waals surface area contributed by atoms with Crippen molar-refractivity contribution in [3.8, 4) is 34.1 Å². The standard InChI is InChI=1S/C48H46F6N8O6/c1-56-22-33(21-55)31-11-29-13-36(6-7-43(29)57-23-31)62(28-46(64)48(52,53)54)38-17-41(67-4)20-42(18-38)68-10-9-60-26-34(25-59-60)32-12-30-14-35(5-8-44(30)58-24-32)61(27-45(63)47(49,50)51)37-15-39(65-2)19-40(16-37)66-3/h5-8,11-26,45-46,63-64H,9-10,27-28,55H2,1-4H3. The average molecular weight is 945 g/mol. The zero-order chi connectivity index (χ0) is 48.8. The first-order chi connectivity index (χ1) is 32.5. The van der Waals surface area contributed by atoms with E-state index in [4.69, 9.17) is 24.7 Å². The lowest BCUT2D eigenvalue weighted by Gasteiger charge is -2.29. The molecule has 68 heavy (non-hydrogen) atoms. The molecule has 0 amide bonds. The number of benzene rings is 4. The molecule has 14 nitrogen and oxygen atoms in total. The van der Waals surface area contributed by atoms with E-state index in [0.717, 1.165) is 0 Å². The smallest absolute Gasteiger partial charge is 0.416 e. The number of ether oxygens (including phenoxy) is 4. The van der Waals surface area contributed by atoms with Crippen molar-refractivity contribution in [2.45, 2.75) is 31.1 Å². The highest BCUT2D eigenvalue weighted by Crippen LogP contribution is 2.38. The number of aliphatic hydroxyl groups excluding tert-OH is 2. The van der Waals surface area contributed by atoms with Gasteiger partial charge < -0.3 is 44.7 Å². The second kappa shape index (κ2) is 20.5. The molecule has 0 fully saturated rings. The van der Waals surface area contributed by atoms with E-state index < -0.39 is 37.7 Å². The number of rotatable bonds is 18. The molecular weight excluding hydrogens is 899 g/mol. The Kier molecular flexibility index (Phi) is 14.6. The summed E-state index contributed by atoms with van der Waals surface area (Å²) in [5.41, 5.74) is 10.7. The molecule has 20 heteroatoms. The van der Waals surface area contributed by atoms with Crippen LogP contribution in [0.3, 0.4) is 0 Å². The minimum absolute atomic E-state index is 0.0649. The Morgan fingerprint density at radius 3 is 1.71 bits per heavy atom. The number of allylic oxidation sites excluding steroid dienone is 1. The minimum Gasteiger partial charge on any atom is -0.497 e. The second-order valence-corrected chi connectivity index (χ2v) is 15.3. The van der Waals surface area contributed by atoms with Gasteiger partial charge in [-0.2, -0.15) is 31.4 Å². The number of hydrogen-bond acceptors (Lipinski definition) is 13. The Morgan fingerprint density at radius 2 is 1.19 bits per heavy atom. The molecule has 0 saturated carbocycles. The van der Waals surface area contributed by atoms with Crippen molar-refractivity contribution in [2.75, 3.05) is 57.9 Å². The van der Waals surface area contributed by atoms with Crippen LogP contribution in [0.5, 0.6) is 23.0 Å². The Balaban J connectivity index is 1.12. The molecule has 0 spiro atoms. The molecule has 2 atom stereocenters. The van der Waals surface area contributed by atoms with Crippen molar-refractivity contribution in [2.24, 2.45) is 10.7 Å². The van der Waals surface area contributed by atoms with Crippen molar-refractivity contribution in [3.63, 3.8) is 0 Å². The molecule has 0 aliphatic rings. The number of aliphatic imine (C=N–C) groups is 1. The highest BCUT2D eigenvalue weighted by Gasteiger charge is 2.41. The maximum Gasteiger partial charge on any atom is 0.416 e. The summed E-state index contributed by atoms with van der Waals surface area (Å²) < 4.78 is 107. The van der Waals surface area contributed by atoms with Gasteiger partial charge in [0.1, 0.15) is 29.6 Å². The maximum atomic E-state index is 13.9. The summed E-state index contributed by atoms with van der Waals surface area (Å²) >= 11 is 0. The molecule has 0 aliphatic heterocycles. The number of anilines is 4. The van der Waals surface area contributed by atoms with Crippen LogP contribution < -0.4 is 34.5 Å². The van der Waals surface area contributed by atoms with Gasteiger partial charge in [-0.25, -0.2) is 0 Å². The van der Waals surface area contributed by atoms with Gasteiger partial charge in [0.2, 0.25) is 0 Å². The van der Waals surface area contributed by atoms with E-state index in [2.05, 4.69) is 20.1 Å². The monoisotopic (exact) mass is 944 g/mol. The molecule has 0 saturated heterocycles. The fourth-order valence-electron chi connectivity index (χ4n) is 7.27. The van der Waals surface area contributed by atoms with Crippen LogP contribution in [0.4, 0.5) is 49.1 Å². The van der Waals surface area contributed by atoms with Crippen molar-refractivity contribution < 1.29 is 55.5 Å². The molecule has 2 unspecified atom stereocenters. The third-order valence-electron chi connectivity index (χ3n) is 10.8. The first-order valence-corrected chi connectivity index (χ1v) is 20.8. The molecule has 4 aromatic carbocycles. The molecule has 7 aromatic rings. The van der Waals surface area contributed by atoms with Crippen LogP contribution in [-0.4, -0.2) is 109 Å². The molecule has 3 heterocycles. The van der Waals surface area contributed by atoms with Crippen LogP contribution in [0.15, 0.2) is 121 Å². The van der Waals surface area contributed by atoms with Gasteiger partial charge in [-0.1, -0.05) is 0 Å². The summed E-state index contributed by atoms with van der Waals surface area (Å²) in [5, 5.41) is 26.1. The Labute approximate surface area is 386 Å². The van der Waals surface area contributed by atoms with Gasteiger partial charge in [0.25, 0.3) is 0 Å². The predicted molar refractivity (Wildman–Crippen MR) is 247 cm³/mol. The molecule has 0 radical (unpaired) electrons. The number of alkyl halides is 6. The number of nitrogens with two attached hydrogens (primary N) is 1. The van der Waals surface area contributed by atoms with Gasteiger partial charge in [-0.3, -0.25) is 19.6 Å². The minimum atomic E-state index is -4.92. The lowest BCUT2D eigenvalue weighted by atomic mass is 10.1. The van der Waals surface area contributed by atoms with Crippen LogP contribution in [-0.2, 0) is 6.54 Å². The van der Waals surface area contributed by atoms with Crippen LogP contribution in [0.25, 0.3) is 38.5 Å². The normalized spacial score (nSPS) is 13.2. The third-order valence-corrected chi connectivity index (χ3v) is 10.8. The quantitative estimate of drug-likeness (QED) is 0.0554. The lowest BCUT2D eigenvalue weighted by molar-refractivity contribution is -0.200. The van der Waals surface area contributed by atoms with E-state index in [0.29, 0.717) is 66.9 Å². The number of aromatic nitrogens is 4. The third kappa shape index (κ3) is 11.3. The van der Waals surface area contributed by atoms with E-state index >= 15 is 0 Å². The van der Waals surface area contributed by atoms with Gasteiger partial charge in [0, 0.05) is 130 Å². The summed E-state index contributed by atoms with van der Waals surface area (Å²) in [5.74, 6) is 1.21. The number of fused-ring (bicyclic) bond motifs is 2. The van der Waals surface area contributed by atoms with Crippen molar-refractivity contribution >= 4 is 56.3 Å². The topological polar surface area (TPSA) is 166 Å². The fraction of sp³-hybridized carbons (Fsp3) is 0.250. The molecular formula is C48H46F6N8O6. The first kappa shape index (κ1) is 48.4. The Morgan fingerprint density at radius 1 is 0.676 bits per heavy atom. The summed E-state index contributed by atoms with van der Waals surface area (Å²) in [4.78, 5) is 15.7. The van der Waals surface area contributed by atoms with Crippen molar-refractivity contribution in [1.29, 1.82) is 0 Å². The van der Waals surface area contributed by atoms with E-state index in [1.807, 2.05) is 6.07 Å². The van der Waals surface area contributed by atoms with E-state index in [9.17, 15) is 36.6 Å². The molecule has 4 N–H and O–H groups in total. The van der Waals surface area contributed by atoms with Crippen LogP contribution in [0.2, 0.25) is 0 Å². The summed E-state index contributed by atoms with van der Waals surface area (Å²) in [6, 6.07) is 22.7. The largest absolute Gasteiger partial charge is 0.497 e. The van der Waals surface area contributed by atoms with Crippen LogP contribution >= 0.6 is 0 Å². The number of pyridine rings is 2. The fourth-order valence-corrected chi connectivity index (χ4v) is 7.27. The highest BCUT2D eigenvalue weighted by atomic mass is 19.4. The van der Waals surface area contributed by atoms with Crippen molar-refractivity contribution in [1.82, 2.24) is 19.7 Å². The molecule has 356 valence electrons. The SMILES string of the molecule is CN=CC(=CN)c1cnc2ccc(N(CC(O)C(F)(F)F)c3cc(OC)cc(OCCn4cc(-c5cnc6ccc(N(CC(O)C(F)(F)F)c7cc(OC)cc(OC)c7)cc6c5)cn4)c3)cc2c1. The number of nitrogens with zero attached hydrogens (tertiary/aromatic N) is 7. The van der Waals surface area contributed by atoms with E-state index in [1.54, 1.807) is 97.3 Å². The summed E-state index contributed by atoms with van der Waals surface area (Å²) in [7, 11) is 5.83. The Bertz CT molecular complexity index is 2920. The summed E-state index contributed by atoms with van der Waals surface area (Å²) in [6.45, 7) is -1.38. The van der Waals surface area contributed by atoms with Crippen molar-refractivity contribution in [3.05, 3.63) is 121 Å². The maximum absolute atomic E-state index is 13.9. The average Bonchev–Trinajstić information content (AvgIpc) is 3.81. The van der Waals surface area contributed by atoms with Crippen LogP contribution in [0.1, 0.15) is 5.56 Å². The predicted octanol–water partition coefficient (Wildman–Crippen LogP) is 8.87. The molecule has 7 rings (SSSR count). The number of halogens is 6. The molecule has 3 aromatic heterocycles. The van der Waals surface area contributed by atoms with Gasteiger partial charge >= 0.3 is 12.4 Å². The number of hydrogen-bond donors (Lipinski definition) is 3. The van der Waals surface area contributed by atoms with Crippen LogP contribution in [0, 0.1) is 0 Å². The van der Waals surface area contributed by atoms with E-state index in [-0.39, 0.29) is 36.0 Å². The number of methoxy groups -OCH3 is 3. The second-order valence-electron chi connectivity index (χ2n) is 15.3. The molecule has 0 aliphatic carbocycles. The van der Waals surface area contributed by atoms with E-state index in [1.165, 1.54) is 61.6 Å². The zero-order valence-electron chi connectivity index (χ0n) is 37.0. The van der Waals surface area contributed by atoms with Gasteiger partial charge in [-0.15, -0.1) is 0 Å². The summed E-state index contributed by atoms with van der Waals surface area (Å²) in [6.07, 6.45) is -5.66. The molecule has 0 bridgehead atoms. The van der Waals surface area contributed by atoms with Gasteiger partial charge in [0.15, 0.2) is 12.2 Å². The Hall–Kier alpha value is -7.58. The number of aliphatic hydroxyl groups is 2. The van der Waals surface area contributed by atoms with Gasteiger partial charge in [0.05, 0.1) is 58.2 Å². The zero-order valence-corrected chi connectivity index (χ0v) is 37.0. The van der Waals surface area contributed by atoms with Gasteiger partial charge in [-0.05, 0) is 48.5 Å². The first-order valence-electron chi connectivity index (χ1n) is 20.8.